The number of piperazine rings is 1. The number of rotatable bonds is 5. The Morgan fingerprint density at radius 2 is 1.66 bits per heavy atom. The second kappa shape index (κ2) is 8.41. The smallest absolute Gasteiger partial charge is 0.243 e. The van der Waals surface area contributed by atoms with Gasteiger partial charge in [0.25, 0.3) is 0 Å². The molecule has 4 rings (SSSR count). The molecule has 1 fully saturated rings. The van der Waals surface area contributed by atoms with Crippen LogP contribution in [0.15, 0.2) is 57.9 Å². The van der Waals surface area contributed by atoms with Gasteiger partial charge in [-0.3, -0.25) is 4.90 Å². The van der Waals surface area contributed by atoms with E-state index in [1.54, 1.807) is 18.2 Å². The zero-order valence-corrected chi connectivity index (χ0v) is 17.7. The lowest BCUT2D eigenvalue weighted by Gasteiger charge is -2.33. The fraction of sp³-hybridized carbons (Fsp3) is 0.263. The molecule has 10 heteroatoms. The molecule has 0 aliphatic carbocycles. The van der Waals surface area contributed by atoms with E-state index in [1.807, 2.05) is 18.2 Å². The average molecular weight is 453 g/mol. The maximum atomic E-state index is 12.8. The fourth-order valence-corrected chi connectivity index (χ4v) is 4.91. The Labute approximate surface area is 178 Å². The molecular formula is C19H18Cl2N4O3S. The number of halogens is 2. The highest BCUT2D eigenvalue weighted by molar-refractivity contribution is 7.89. The summed E-state index contributed by atoms with van der Waals surface area (Å²) in [5.41, 5.74) is 0.711. The van der Waals surface area contributed by atoms with Gasteiger partial charge in [-0.2, -0.15) is 9.29 Å². The van der Waals surface area contributed by atoms with E-state index in [0.717, 1.165) is 0 Å². The van der Waals surface area contributed by atoms with Gasteiger partial charge < -0.3 is 4.52 Å². The number of sulfonamides is 1. The summed E-state index contributed by atoms with van der Waals surface area (Å²) < 4.78 is 32.4. The molecule has 1 aromatic heterocycles. The highest BCUT2D eigenvalue weighted by Crippen LogP contribution is 2.25. The van der Waals surface area contributed by atoms with Crippen molar-refractivity contribution >= 4 is 33.2 Å². The largest absolute Gasteiger partial charge is 0.338 e. The van der Waals surface area contributed by atoms with Crippen LogP contribution in [-0.2, 0) is 16.6 Å². The van der Waals surface area contributed by atoms with E-state index < -0.39 is 10.0 Å². The molecule has 0 atom stereocenters. The van der Waals surface area contributed by atoms with Crippen molar-refractivity contribution in [2.45, 2.75) is 11.4 Å². The van der Waals surface area contributed by atoms with Crippen LogP contribution in [0.2, 0.25) is 10.0 Å². The highest BCUT2D eigenvalue weighted by atomic mass is 35.5. The number of hydrogen-bond acceptors (Lipinski definition) is 6. The monoisotopic (exact) mass is 452 g/mol. The maximum absolute atomic E-state index is 12.8. The second-order valence-electron chi connectivity index (χ2n) is 6.63. The van der Waals surface area contributed by atoms with Crippen LogP contribution in [0.5, 0.6) is 0 Å². The lowest BCUT2D eigenvalue weighted by Crippen LogP contribution is -2.48. The third kappa shape index (κ3) is 4.46. The Balaban J connectivity index is 1.38. The second-order valence-corrected chi connectivity index (χ2v) is 9.41. The van der Waals surface area contributed by atoms with Gasteiger partial charge >= 0.3 is 0 Å². The molecule has 0 saturated carbocycles. The molecule has 7 nitrogen and oxygen atoms in total. The summed E-state index contributed by atoms with van der Waals surface area (Å²) in [6.45, 7) is 2.35. The van der Waals surface area contributed by atoms with Crippen molar-refractivity contribution in [2.24, 2.45) is 0 Å². The molecule has 2 aromatic carbocycles. The first-order chi connectivity index (χ1) is 13.9. The highest BCUT2D eigenvalue weighted by Gasteiger charge is 2.29. The summed E-state index contributed by atoms with van der Waals surface area (Å²) in [5.74, 6) is 0.906. The van der Waals surface area contributed by atoms with Gasteiger partial charge in [0.2, 0.25) is 21.7 Å². The van der Waals surface area contributed by atoms with Gasteiger partial charge in [-0.05, 0) is 36.4 Å². The third-order valence-corrected chi connectivity index (χ3v) is 7.22. The van der Waals surface area contributed by atoms with Gasteiger partial charge in [0.05, 0.1) is 16.5 Å². The molecule has 1 saturated heterocycles. The first-order valence-corrected chi connectivity index (χ1v) is 11.2. The predicted octanol–water partition coefficient (Wildman–Crippen LogP) is 3.55. The van der Waals surface area contributed by atoms with E-state index in [4.69, 9.17) is 27.7 Å². The van der Waals surface area contributed by atoms with Crippen LogP contribution in [0.25, 0.3) is 11.4 Å². The van der Waals surface area contributed by atoms with Crippen molar-refractivity contribution in [1.82, 2.24) is 19.3 Å². The molecule has 0 amide bonds. The van der Waals surface area contributed by atoms with Crippen LogP contribution in [0.4, 0.5) is 0 Å². The standard InChI is InChI=1S/C19H18Cl2N4O3S/c20-14-5-7-15(8-6-14)29(26,27)25-11-9-24(10-12-25)13-18-22-19(23-28-18)16-3-1-2-4-17(16)21/h1-8H,9-13H2. The van der Waals surface area contributed by atoms with Gasteiger partial charge in [0, 0.05) is 36.8 Å². The van der Waals surface area contributed by atoms with E-state index in [-0.39, 0.29) is 4.90 Å². The molecule has 29 heavy (non-hydrogen) atoms. The molecule has 0 radical (unpaired) electrons. The van der Waals surface area contributed by atoms with Crippen LogP contribution in [0.3, 0.4) is 0 Å². The molecular weight excluding hydrogens is 435 g/mol. The molecule has 1 aliphatic heterocycles. The molecule has 2 heterocycles. The first kappa shape index (κ1) is 20.3. The molecule has 0 spiro atoms. The normalized spacial score (nSPS) is 16.2. The van der Waals surface area contributed by atoms with Gasteiger partial charge in [-0.25, -0.2) is 8.42 Å². The molecule has 0 bridgehead atoms. The Morgan fingerprint density at radius 3 is 2.34 bits per heavy atom. The van der Waals surface area contributed by atoms with E-state index in [2.05, 4.69) is 15.0 Å². The summed E-state index contributed by atoms with van der Waals surface area (Å²) in [6, 6.07) is 13.5. The maximum Gasteiger partial charge on any atom is 0.243 e. The summed E-state index contributed by atoms with van der Waals surface area (Å²) in [4.78, 5) is 6.74. The van der Waals surface area contributed by atoms with Gasteiger partial charge in [-0.15, -0.1) is 0 Å². The van der Waals surface area contributed by atoms with Crippen LogP contribution in [-0.4, -0.2) is 53.9 Å². The minimum Gasteiger partial charge on any atom is -0.338 e. The summed E-state index contributed by atoms with van der Waals surface area (Å²) >= 11 is 12.0. The van der Waals surface area contributed by atoms with Gasteiger partial charge in [-0.1, -0.05) is 40.5 Å². The van der Waals surface area contributed by atoms with Crippen LogP contribution >= 0.6 is 23.2 Å². The van der Waals surface area contributed by atoms with E-state index in [1.165, 1.54) is 16.4 Å². The molecule has 0 unspecified atom stereocenters. The number of nitrogens with zero attached hydrogens (tertiary/aromatic N) is 4. The first-order valence-electron chi connectivity index (χ1n) is 8.99. The Bertz CT molecular complexity index is 1090. The summed E-state index contributed by atoms with van der Waals surface area (Å²) in [5, 5.41) is 5.06. The summed E-state index contributed by atoms with van der Waals surface area (Å²) in [6.07, 6.45) is 0. The number of aromatic nitrogens is 2. The topological polar surface area (TPSA) is 79.5 Å². The number of hydrogen-bond donors (Lipinski definition) is 0. The third-order valence-electron chi connectivity index (χ3n) is 4.72. The average Bonchev–Trinajstić information content (AvgIpc) is 3.17. The van der Waals surface area contributed by atoms with Crippen LogP contribution in [0, 0.1) is 0 Å². The minimum absolute atomic E-state index is 0.247. The lowest BCUT2D eigenvalue weighted by atomic mass is 10.2. The lowest BCUT2D eigenvalue weighted by molar-refractivity contribution is 0.163. The molecule has 3 aromatic rings. The molecule has 152 valence electrons. The Morgan fingerprint density at radius 1 is 0.966 bits per heavy atom. The van der Waals surface area contributed by atoms with Crippen molar-refractivity contribution in [1.29, 1.82) is 0 Å². The Kier molecular flexibility index (Phi) is 5.89. The van der Waals surface area contributed by atoms with Gasteiger partial charge in [0.15, 0.2) is 0 Å². The van der Waals surface area contributed by atoms with E-state index >= 15 is 0 Å². The molecule has 0 N–H and O–H groups in total. The zero-order chi connectivity index (χ0) is 20.4. The van der Waals surface area contributed by atoms with Crippen molar-refractivity contribution < 1.29 is 12.9 Å². The van der Waals surface area contributed by atoms with Crippen LogP contribution in [0.1, 0.15) is 5.89 Å². The Hall–Kier alpha value is -1.97. The zero-order valence-electron chi connectivity index (χ0n) is 15.3. The fourth-order valence-electron chi connectivity index (χ4n) is 3.15. The van der Waals surface area contributed by atoms with Crippen molar-refractivity contribution in [3.05, 3.63) is 64.5 Å². The number of benzene rings is 2. The minimum atomic E-state index is -3.53. The van der Waals surface area contributed by atoms with E-state index in [9.17, 15) is 8.42 Å². The van der Waals surface area contributed by atoms with Crippen molar-refractivity contribution in [3.63, 3.8) is 0 Å². The van der Waals surface area contributed by atoms with Gasteiger partial charge in [0.1, 0.15) is 0 Å². The van der Waals surface area contributed by atoms with Crippen molar-refractivity contribution in [2.75, 3.05) is 26.2 Å². The molecule has 1 aliphatic rings. The predicted molar refractivity (Wildman–Crippen MR) is 110 cm³/mol. The van der Waals surface area contributed by atoms with Crippen molar-refractivity contribution in [3.8, 4) is 11.4 Å². The van der Waals surface area contributed by atoms with E-state index in [0.29, 0.717) is 60.0 Å². The SMILES string of the molecule is O=S(=O)(c1ccc(Cl)cc1)N1CCN(Cc2nc(-c3ccccc3Cl)no2)CC1. The summed E-state index contributed by atoms with van der Waals surface area (Å²) in [7, 11) is -3.53. The quantitative estimate of drug-likeness (QED) is 0.588. The van der Waals surface area contributed by atoms with Crippen LogP contribution < -0.4 is 0 Å².